The molecular formula is C28H21BrClN3O4S. The van der Waals surface area contributed by atoms with E-state index < -0.39 is 6.04 Å². The molecule has 4 aromatic rings. The van der Waals surface area contributed by atoms with E-state index >= 15 is 0 Å². The van der Waals surface area contributed by atoms with Gasteiger partial charge in [0, 0.05) is 5.69 Å². The van der Waals surface area contributed by atoms with Gasteiger partial charge in [-0.05, 0) is 76.5 Å². The first kappa shape index (κ1) is 26.0. The molecule has 0 unspecified atom stereocenters. The van der Waals surface area contributed by atoms with Gasteiger partial charge in [0.2, 0.25) is 0 Å². The second-order valence-corrected chi connectivity index (χ2v) is 10.8. The Hall–Kier alpha value is -3.66. The van der Waals surface area contributed by atoms with Crippen LogP contribution in [0.15, 0.2) is 92.3 Å². The number of aromatic nitrogens is 1. The normalized spacial score (nSPS) is 15.2. The molecule has 0 fully saturated rings. The van der Waals surface area contributed by atoms with Crippen molar-refractivity contribution in [3.63, 3.8) is 0 Å². The van der Waals surface area contributed by atoms with E-state index in [4.69, 9.17) is 16.3 Å². The highest BCUT2D eigenvalue weighted by Gasteiger charge is 2.32. The molecule has 1 aliphatic rings. The summed E-state index contributed by atoms with van der Waals surface area (Å²) >= 11 is 10.6. The largest absolute Gasteiger partial charge is 0.505 e. The molecular weight excluding hydrogens is 590 g/mol. The van der Waals surface area contributed by atoms with Crippen molar-refractivity contribution in [3.05, 3.63) is 118 Å². The summed E-state index contributed by atoms with van der Waals surface area (Å²) in [4.78, 5) is 32.5. The Balaban J connectivity index is 1.68. The van der Waals surface area contributed by atoms with Gasteiger partial charge in [-0.2, -0.15) is 0 Å². The number of halogens is 2. The van der Waals surface area contributed by atoms with Crippen LogP contribution in [0.4, 0.5) is 5.69 Å². The molecule has 7 nitrogen and oxygen atoms in total. The second-order valence-electron chi connectivity index (χ2n) is 8.51. The number of carbonyl (C=O) groups is 1. The maximum Gasteiger partial charge on any atom is 0.271 e. The molecule has 0 saturated heterocycles. The monoisotopic (exact) mass is 609 g/mol. The highest BCUT2D eigenvalue weighted by molar-refractivity contribution is 9.10. The fourth-order valence-corrected chi connectivity index (χ4v) is 6.12. The van der Waals surface area contributed by atoms with Crippen LogP contribution in [0, 0.1) is 0 Å². The molecule has 38 heavy (non-hydrogen) atoms. The second kappa shape index (κ2) is 10.6. The van der Waals surface area contributed by atoms with Crippen LogP contribution in [0.5, 0.6) is 11.5 Å². The fourth-order valence-electron chi connectivity index (χ4n) is 4.25. The van der Waals surface area contributed by atoms with Crippen molar-refractivity contribution in [1.29, 1.82) is 0 Å². The van der Waals surface area contributed by atoms with Crippen LogP contribution in [0.25, 0.3) is 6.08 Å². The topological polar surface area (TPSA) is 92.9 Å². The van der Waals surface area contributed by atoms with Gasteiger partial charge in [-0.1, -0.05) is 53.3 Å². The molecule has 1 amide bonds. The summed E-state index contributed by atoms with van der Waals surface area (Å²) in [6, 6.07) is 18.9. The van der Waals surface area contributed by atoms with Crippen LogP contribution < -0.4 is 24.9 Å². The van der Waals surface area contributed by atoms with Gasteiger partial charge in [0.25, 0.3) is 11.5 Å². The minimum absolute atomic E-state index is 0.0746. The molecule has 0 saturated carbocycles. The van der Waals surface area contributed by atoms with E-state index in [1.54, 1.807) is 61.1 Å². The number of carbonyl (C=O) groups excluding carboxylic acids is 1. The number of nitrogens with one attached hydrogen (secondary N) is 1. The average molecular weight is 611 g/mol. The van der Waals surface area contributed by atoms with E-state index in [1.165, 1.54) is 11.3 Å². The number of hydrogen-bond donors (Lipinski definition) is 2. The van der Waals surface area contributed by atoms with Crippen molar-refractivity contribution in [3.8, 4) is 11.5 Å². The van der Waals surface area contributed by atoms with Gasteiger partial charge >= 0.3 is 0 Å². The summed E-state index contributed by atoms with van der Waals surface area (Å²) in [7, 11) is 1.58. The summed E-state index contributed by atoms with van der Waals surface area (Å²) < 4.78 is 7.68. The lowest BCUT2D eigenvalue weighted by Gasteiger charge is -2.25. The van der Waals surface area contributed by atoms with Gasteiger partial charge < -0.3 is 15.2 Å². The van der Waals surface area contributed by atoms with Crippen LogP contribution in [-0.2, 0) is 4.79 Å². The third-order valence-corrected chi connectivity index (χ3v) is 7.94. The predicted molar refractivity (Wildman–Crippen MR) is 153 cm³/mol. The summed E-state index contributed by atoms with van der Waals surface area (Å²) in [5.74, 6) is 0.239. The number of nitrogens with zero attached hydrogens (tertiary/aromatic N) is 2. The van der Waals surface area contributed by atoms with Crippen molar-refractivity contribution >= 4 is 56.5 Å². The quantitative estimate of drug-likeness (QED) is 0.333. The molecule has 2 N–H and O–H groups in total. The number of ether oxygens (including phenoxy) is 1. The minimum atomic E-state index is -0.710. The number of thiazole rings is 1. The number of benzene rings is 3. The van der Waals surface area contributed by atoms with E-state index in [9.17, 15) is 14.7 Å². The molecule has 0 bridgehead atoms. The van der Waals surface area contributed by atoms with Crippen molar-refractivity contribution in [2.24, 2.45) is 4.99 Å². The fraction of sp³-hybridized carbons (Fsp3) is 0.107. The lowest BCUT2D eigenvalue weighted by atomic mass is 9.95. The number of anilines is 1. The SMILES string of the molecule is COc1ccc([C@@H]2C(C(=O)Nc3ccccc3)=C(C)N=c3s/c(=C/c4cc(Cl)c(O)c(Br)c4)c(=O)n32)cc1. The maximum atomic E-state index is 13.8. The third kappa shape index (κ3) is 4.92. The number of amides is 1. The number of allylic oxidation sites excluding steroid dienone is 1. The van der Waals surface area contributed by atoms with Crippen LogP contribution >= 0.6 is 38.9 Å². The number of aromatic hydroxyl groups is 1. The van der Waals surface area contributed by atoms with Crippen LogP contribution in [0.2, 0.25) is 5.02 Å². The van der Waals surface area contributed by atoms with Gasteiger partial charge in [-0.25, -0.2) is 4.99 Å². The maximum absolute atomic E-state index is 13.8. The number of rotatable bonds is 5. The highest BCUT2D eigenvalue weighted by atomic mass is 79.9. The predicted octanol–water partition coefficient (Wildman–Crippen LogP) is 5.00. The van der Waals surface area contributed by atoms with Gasteiger partial charge in [-0.3, -0.25) is 14.2 Å². The first-order chi connectivity index (χ1) is 18.3. The Bertz CT molecular complexity index is 1740. The average Bonchev–Trinajstić information content (AvgIpc) is 3.21. The van der Waals surface area contributed by atoms with Gasteiger partial charge in [-0.15, -0.1) is 0 Å². The Labute approximate surface area is 235 Å². The molecule has 3 aromatic carbocycles. The smallest absolute Gasteiger partial charge is 0.271 e. The molecule has 2 heterocycles. The zero-order valence-corrected chi connectivity index (χ0v) is 23.4. The van der Waals surface area contributed by atoms with E-state index in [-0.39, 0.29) is 22.2 Å². The Morgan fingerprint density at radius 3 is 2.55 bits per heavy atom. The zero-order valence-electron chi connectivity index (χ0n) is 20.2. The van der Waals surface area contributed by atoms with Gasteiger partial charge in [0.15, 0.2) is 4.80 Å². The number of phenols is 1. The van der Waals surface area contributed by atoms with Crippen LogP contribution in [0.3, 0.4) is 0 Å². The molecule has 10 heteroatoms. The lowest BCUT2D eigenvalue weighted by Crippen LogP contribution is -2.40. The molecule has 0 spiro atoms. The van der Waals surface area contributed by atoms with Crippen molar-refractivity contribution in [2.75, 3.05) is 12.4 Å². The summed E-state index contributed by atoms with van der Waals surface area (Å²) in [5, 5.41) is 13.1. The molecule has 192 valence electrons. The van der Waals surface area contributed by atoms with E-state index in [1.807, 2.05) is 30.3 Å². The molecule has 5 rings (SSSR count). The number of methoxy groups -OCH3 is 1. The van der Waals surface area contributed by atoms with Crippen molar-refractivity contribution < 1.29 is 14.6 Å². The van der Waals surface area contributed by atoms with Crippen molar-refractivity contribution in [1.82, 2.24) is 4.57 Å². The summed E-state index contributed by atoms with van der Waals surface area (Å²) in [6.45, 7) is 1.77. The van der Waals surface area contributed by atoms with Crippen molar-refractivity contribution in [2.45, 2.75) is 13.0 Å². The lowest BCUT2D eigenvalue weighted by molar-refractivity contribution is -0.113. The standard InChI is InChI=1S/C28H21BrClN3O4S/c1-15-23(26(35)32-18-6-4-3-5-7-18)24(17-8-10-19(37-2)11-9-17)33-27(36)22(38-28(33)31-15)14-16-12-20(29)25(34)21(30)13-16/h3-14,24,34H,1-2H3,(H,32,35)/b22-14+/t24-/m1/s1. The molecule has 1 aromatic heterocycles. The number of hydrogen-bond acceptors (Lipinski definition) is 6. The zero-order chi connectivity index (χ0) is 27.0. The summed E-state index contributed by atoms with van der Waals surface area (Å²) in [6.07, 6.45) is 1.69. The van der Waals surface area contributed by atoms with E-state index in [0.717, 1.165) is 5.56 Å². The third-order valence-electron chi connectivity index (χ3n) is 6.07. The number of fused-ring (bicyclic) bond motifs is 1. The van der Waals surface area contributed by atoms with Gasteiger partial charge in [0.05, 0.1) is 38.4 Å². The first-order valence-corrected chi connectivity index (χ1v) is 13.5. The highest BCUT2D eigenvalue weighted by Crippen LogP contribution is 2.34. The Morgan fingerprint density at radius 1 is 1.18 bits per heavy atom. The molecule has 0 radical (unpaired) electrons. The minimum Gasteiger partial charge on any atom is -0.505 e. The molecule has 1 aliphatic heterocycles. The first-order valence-electron chi connectivity index (χ1n) is 11.5. The molecule has 1 atom stereocenters. The van der Waals surface area contributed by atoms with Crippen LogP contribution in [0.1, 0.15) is 24.1 Å². The van der Waals surface area contributed by atoms with E-state index in [2.05, 4.69) is 26.2 Å². The summed E-state index contributed by atoms with van der Waals surface area (Å²) in [5.41, 5.74) is 2.59. The van der Waals surface area contributed by atoms with Crippen LogP contribution in [-0.4, -0.2) is 22.7 Å². The number of phenolic OH excluding ortho intramolecular Hbond substituents is 1. The van der Waals surface area contributed by atoms with E-state index in [0.29, 0.717) is 42.1 Å². The number of para-hydroxylation sites is 1. The Morgan fingerprint density at radius 2 is 1.89 bits per heavy atom. The molecule has 0 aliphatic carbocycles. The van der Waals surface area contributed by atoms with Gasteiger partial charge in [0.1, 0.15) is 11.5 Å². The Kier molecular flexibility index (Phi) is 7.25.